The van der Waals surface area contributed by atoms with E-state index < -0.39 is 0 Å². The lowest BCUT2D eigenvalue weighted by Crippen LogP contribution is -2.52. The average molecular weight is 331 g/mol. The van der Waals surface area contributed by atoms with Gasteiger partial charge in [-0.3, -0.25) is 9.69 Å². The number of likely N-dealkylation sites (tertiary alicyclic amines) is 1. The highest BCUT2D eigenvalue weighted by atomic mass is 16.5. The van der Waals surface area contributed by atoms with Crippen LogP contribution in [0.3, 0.4) is 0 Å². The minimum Gasteiger partial charge on any atom is -0.493 e. The standard InChI is InChI=1S/C19H29N3O2/c1-14(23)20-11-17-6-8-22(13-18(17)21(2)3)12-15-4-5-19-16(10-15)7-9-24-19/h4-5,10,17-18H,6-9,11-13H2,1-3H3,(H,20,23)/t17-,18-/m1/s1. The number of carbonyl (C=O) groups is 1. The zero-order valence-corrected chi connectivity index (χ0v) is 15.0. The van der Waals surface area contributed by atoms with Crippen molar-refractivity contribution in [2.75, 3.05) is 40.3 Å². The fourth-order valence-electron chi connectivity index (χ4n) is 3.88. The molecule has 0 bridgehead atoms. The molecule has 0 aromatic heterocycles. The van der Waals surface area contributed by atoms with Crippen molar-refractivity contribution in [3.05, 3.63) is 29.3 Å². The van der Waals surface area contributed by atoms with E-state index in [1.165, 1.54) is 11.1 Å². The van der Waals surface area contributed by atoms with Gasteiger partial charge in [-0.2, -0.15) is 0 Å². The van der Waals surface area contributed by atoms with Gasteiger partial charge in [-0.15, -0.1) is 0 Å². The maximum absolute atomic E-state index is 11.2. The Bertz CT molecular complexity index is 588. The Morgan fingerprint density at radius 2 is 2.25 bits per heavy atom. The van der Waals surface area contributed by atoms with Crippen molar-refractivity contribution in [3.8, 4) is 5.75 Å². The summed E-state index contributed by atoms with van der Waals surface area (Å²) in [6.07, 6.45) is 2.15. The first kappa shape index (κ1) is 17.2. The fraction of sp³-hybridized carbons (Fsp3) is 0.632. The summed E-state index contributed by atoms with van der Waals surface area (Å²) in [5.74, 6) is 1.64. The molecule has 0 spiro atoms. The number of likely N-dealkylation sites (N-methyl/N-ethyl adjacent to an activating group) is 1. The molecule has 0 unspecified atom stereocenters. The van der Waals surface area contributed by atoms with E-state index >= 15 is 0 Å². The van der Waals surface area contributed by atoms with Crippen LogP contribution in [0.1, 0.15) is 24.5 Å². The first-order chi connectivity index (χ1) is 11.5. The topological polar surface area (TPSA) is 44.8 Å². The fourth-order valence-corrected chi connectivity index (χ4v) is 3.88. The second-order valence-corrected chi connectivity index (χ2v) is 7.29. The van der Waals surface area contributed by atoms with Crippen LogP contribution in [0.4, 0.5) is 0 Å². The van der Waals surface area contributed by atoms with E-state index in [0.717, 1.165) is 51.4 Å². The van der Waals surface area contributed by atoms with Crippen molar-refractivity contribution in [2.24, 2.45) is 5.92 Å². The van der Waals surface area contributed by atoms with E-state index in [2.05, 4.69) is 47.4 Å². The molecule has 1 amide bonds. The van der Waals surface area contributed by atoms with Gasteiger partial charge < -0.3 is 15.0 Å². The molecule has 1 saturated heterocycles. The molecule has 2 heterocycles. The molecule has 0 radical (unpaired) electrons. The van der Waals surface area contributed by atoms with E-state index in [0.29, 0.717) is 12.0 Å². The third kappa shape index (κ3) is 4.08. The Hall–Kier alpha value is -1.59. The van der Waals surface area contributed by atoms with Crippen LogP contribution in [0, 0.1) is 5.92 Å². The molecule has 3 rings (SSSR count). The van der Waals surface area contributed by atoms with Crippen molar-refractivity contribution in [1.82, 2.24) is 15.1 Å². The number of benzene rings is 1. The SMILES string of the molecule is CC(=O)NC[C@H]1CCN(Cc2ccc3c(c2)CCO3)C[C@H]1N(C)C. The Morgan fingerprint density at radius 3 is 3.00 bits per heavy atom. The molecule has 2 aliphatic heterocycles. The molecule has 2 atom stereocenters. The molecule has 24 heavy (non-hydrogen) atoms. The maximum Gasteiger partial charge on any atom is 0.216 e. The van der Waals surface area contributed by atoms with Gasteiger partial charge >= 0.3 is 0 Å². The highest BCUT2D eigenvalue weighted by molar-refractivity contribution is 5.72. The summed E-state index contributed by atoms with van der Waals surface area (Å²) in [6, 6.07) is 7.09. The number of amides is 1. The van der Waals surface area contributed by atoms with E-state index in [9.17, 15) is 4.79 Å². The third-order valence-corrected chi connectivity index (χ3v) is 5.24. The lowest BCUT2D eigenvalue weighted by Gasteiger charge is -2.42. The molecule has 132 valence electrons. The second kappa shape index (κ2) is 7.53. The number of piperidine rings is 1. The third-order valence-electron chi connectivity index (χ3n) is 5.24. The maximum atomic E-state index is 11.2. The number of carbonyl (C=O) groups excluding carboxylic acids is 1. The van der Waals surface area contributed by atoms with Gasteiger partial charge in [0, 0.05) is 39.0 Å². The molecule has 1 aromatic carbocycles. The van der Waals surface area contributed by atoms with Gasteiger partial charge in [0.15, 0.2) is 0 Å². The van der Waals surface area contributed by atoms with E-state index in [1.807, 2.05) is 0 Å². The minimum absolute atomic E-state index is 0.0651. The molecular formula is C19H29N3O2. The highest BCUT2D eigenvalue weighted by Crippen LogP contribution is 2.27. The molecular weight excluding hydrogens is 302 g/mol. The average Bonchev–Trinajstić information content (AvgIpc) is 3.01. The normalized spacial score (nSPS) is 23.8. The number of hydrogen-bond acceptors (Lipinski definition) is 4. The number of rotatable bonds is 5. The molecule has 5 heteroatoms. The summed E-state index contributed by atoms with van der Waals surface area (Å²) >= 11 is 0. The van der Waals surface area contributed by atoms with E-state index in [-0.39, 0.29) is 5.91 Å². The number of nitrogens with zero attached hydrogens (tertiary/aromatic N) is 2. The summed E-state index contributed by atoms with van der Waals surface area (Å²) in [5, 5.41) is 2.99. The zero-order valence-electron chi connectivity index (χ0n) is 15.0. The number of hydrogen-bond donors (Lipinski definition) is 1. The molecule has 2 aliphatic rings. The Labute approximate surface area is 145 Å². The first-order valence-corrected chi connectivity index (χ1v) is 8.91. The zero-order chi connectivity index (χ0) is 17.1. The molecule has 0 aliphatic carbocycles. The molecule has 1 fully saturated rings. The summed E-state index contributed by atoms with van der Waals surface area (Å²) in [4.78, 5) is 16.1. The van der Waals surface area contributed by atoms with Gasteiger partial charge in [-0.25, -0.2) is 0 Å². The van der Waals surface area contributed by atoms with Crippen LogP contribution in [0.5, 0.6) is 5.75 Å². The molecule has 5 nitrogen and oxygen atoms in total. The van der Waals surface area contributed by atoms with Gasteiger partial charge in [-0.1, -0.05) is 12.1 Å². The summed E-state index contributed by atoms with van der Waals surface area (Å²) in [5.41, 5.74) is 2.72. The number of fused-ring (bicyclic) bond motifs is 1. The van der Waals surface area contributed by atoms with Crippen molar-refractivity contribution < 1.29 is 9.53 Å². The number of nitrogens with one attached hydrogen (secondary N) is 1. The van der Waals surface area contributed by atoms with Crippen molar-refractivity contribution >= 4 is 5.91 Å². The quantitative estimate of drug-likeness (QED) is 0.888. The van der Waals surface area contributed by atoms with Crippen LogP contribution in [0.2, 0.25) is 0 Å². The van der Waals surface area contributed by atoms with Crippen molar-refractivity contribution in [1.29, 1.82) is 0 Å². The predicted octanol–water partition coefficient (Wildman–Crippen LogP) is 1.51. The van der Waals surface area contributed by atoms with Crippen LogP contribution in [0.25, 0.3) is 0 Å². The monoisotopic (exact) mass is 331 g/mol. The summed E-state index contributed by atoms with van der Waals surface area (Å²) in [7, 11) is 4.28. The van der Waals surface area contributed by atoms with Crippen LogP contribution in [-0.4, -0.2) is 62.1 Å². The predicted molar refractivity (Wildman–Crippen MR) is 95.2 cm³/mol. The minimum atomic E-state index is 0.0651. The van der Waals surface area contributed by atoms with Gasteiger partial charge in [-0.05, 0) is 50.2 Å². The number of ether oxygens (including phenoxy) is 1. The second-order valence-electron chi connectivity index (χ2n) is 7.29. The van der Waals surface area contributed by atoms with Crippen LogP contribution in [0.15, 0.2) is 18.2 Å². The van der Waals surface area contributed by atoms with E-state index in [4.69, 9.17) is 4.74 Å². The largest absolute Gasteiger partial charge is 0.493 e. The van der Waals surface area contributed by atoms with Gasteiger partial charge in [0.25, 0.3) is 0 Å². The van der Waals surface area contributed by atoms with Gasteiger partial charge in [0.2, 0.25) is 5.91 Å². The van der Waals surface area contributed by atoms with Crippen LogP contribution in [-0.2, 0) is 17.8 Å². The lowest BCUT2D eigenvalue weighted by molar-refractivity contribution is -0.119. The summed E-state index contributed by atoms with van der Waals surface area (Å²) < 4.78 is 5.60. The lowest BCUT2D eigenvalue weighted by atomic mass is 9.90. The van der Waals surface area contributed by atoms with Crippen molar-refractivity contribution in [2.45, 2.75) is 32.4 Å². The van der Waals surface area contributed by atoms with Crippen LogP contribution >= 0.6 is 0 Å². The molecule has 0 saturated carbocycles. The highest BCUT2D eigenvalue weighted by Gasteiger charge is 2.30. The van der Waals surface area contributed by atoms with E-state index in [1.54, 1.807) is 6.92 Å². The van der Waals surface area contributed by atoms with Crippen LogP contribution < -0.4 is 10.1 Å². The smallest absolute Gasteiger partial charge is 0.216 e. The Kier molecular flexibility index (Phi) is 5.41. The first-order valence-electron chi connectivity index (χ1n) is 8.91. The molecule has 1 N–H and O–H groups in total. The van der Waals surface area contributed by atoms with Gasteiger partial charge in [0.1, 0.15) is 5.75 Å². The Morgan fingerprint density at radius 1 is 1.42 bits per heavy atom. The van der Waals surface area contributed by atoms with Gasteiger partial charge in [0.05, 0.1) is 6.61 Å². The summed E-state index contributed by atoms with van der Waals surface area (Å²) in [6.45, 7) is 6.31. The van der Waals surface area contributed by atoms with Crippen molar-refractivity contribution in [3.63, 3.8) is 0 Å². The molecule has 1 aromatic rings. The Balaban J connectivity index is 1.60.